The van der Waals surface area contributed by atoms with Crippen molar-refractivity contribution in [1.29, 1.82) is 0 Å². The zero-order chi connectivity index (χ0) is 24.0. The maximum Gasteiger partial charge on any atom is 0.339 e. The van der Waals surface area contributed by atoms with E-state index >= 15 is 0 Å². The molecule has 9 heteroatoms. The van der Waals surface area contributed by atoms with Gasteiger partial charge in [0.15, 0.2) is 0 Å². The Morgan fingerprint density at radius 2 is 1.53 bits per heavy atom. The van der Waals surface area contributed by atoms with Crippen molar-refractivity contribution in [2.24, 2.45) is 0 Å². The predicted octanol–water partition coefficient (Wildman–Crippen LogP) is 3.01. The van der Waals surface area contributed by atoms with Crippen molar-refractivity contribution >= 4 is 21.9 Å². The van der Waals surface area contributed by atoms with Gasteiger partial charge in [0.2, 0.25) is 16.1 Å². The highest BCUT2D eigenvalue weighted by Crippen LogP contribution is 2.25. The molecule has 4 rings (SSSR count). The zero-order valence-electron chi connectivity index (χ0n) is 19.1. The minimum absolute atomic E-state index is 0.0552. The maximum absolute atomic E-state index is 13.2. The zero-order valence-corrected chi connectivity index (χ0v) is 19.9. The third-order valence-corrected chi connectivity index (χ3v) is 8.04. The Bertz CT molecular complexity index is 1090. The lowest BCUT2D eigenvalue weighted by atomic mass is 10.1. The van der Waals surface area contributed by atoms with Crippen LogP contribution in [0.4, 0.5) is 0 Å². The number of carbonyl (C=O) groups is 2. The molecule has 0 N–H and O–H groups in total. The van der Waals surface area contributed by atoms with Crippen molar-refractivity contribution in [2.45, 2.75) is 36.7 Å². The second-order valence-corrected chi connectivity index (χ2v) is 10.4. The molecule has 2 aromatic rings. The molecule has 0 aliphatic carbocycles. The van der Waals surface area contributed by atoms with Crippen LogP contribution in [0.15, 0.2) is 59.5 Å². The van der Waals surface area contributed by atoms with Gasteiger partial charge in [0.25, 0.3) is 5.91 Å². The number of sulfonamides is 1. The highest BCUT2D eigenvalue weighted by atomic mass is 32.2. The minimum Gasteiger partial charge on any atom is -0.444 e. The summed E-state index contributed by atoms with van der Waals surface area (Å²) < 4.78 is 38.9. The lowest BCUT2D eigenvalue weighted by Gasteiger charge is -2.30. The molecule has 2 aliphatic rings. The van der Waals surface area contributed by atoms with Crippen LogP contribution < -0.4 is 0 Å². The summed E-state index contributed by atoms with van der Waals surface area (Å²) in [6.45, 7) is 2.64. The molecule has 0 spiro atoms. The fourth-order valence-corrected chi connectivity index (χ4v) is 5.79. The van der Waals surface area contributed by atoms with Crippen LogP contribution in [-0.2, 0) is 24.3 Å². The average Bonchev–Trinajstić information content (AvgIpc) is 3.18. The van der Waals surface area contributed by atoms with Crippen LogP contribution >= 0.6 is 0 Å². The maximum atomic E-state index is 13.2. The van der Waals surface area contributed by atoms with Crippen molar-refractivity contribution < 1.29 is 27.5 Å². The highest BCUT2D eigenvalue weighted by Gasteiger charge is 2.32. The quantitative estimate of drug-likeness (QED) is 0.583. The van der Waals surface area contributed by atoms with E-state index < -0.39 is 22.1 Å². The van der Waals surface area contributed by atoms with E-state index in [1.54, 1.807) is 29.2 Å². The number of nitrogens with zero attached hydrogens (tertiary/aromatic N) is 2. The Labute approximate surface area is 200 Å². The third-order valence-electron chi connectivity index (χ3n) is 6.15. The number of benzene rings is 2. The van der Waals surface area contributed by atoms with Crippen LogP contribution in [0.1, 0.15) is 47.7 Å². The highest BCUT2D eigenvalue weighted by molar-refractivity contribution is 7.89. The van der Waals surface area contributed by atoms with Gasteiger partial charge in [0.1, 0.15) is 0 Å². The minimum atomic E-state index is -3.72. The number of rotatable bonds is 6. The lowest BCUT2D eigenvalue weighted by Crippen LogP contribution is -2.44. The van der Waals surface area contributed by atoms with E-state index in [1.165, 1.54) is 28.6 Å². The molecule has 34 heavy (non-hydrogen) atoms. The van der Waals surface area contributed by atoms with Gasteiger partial charge in [0, 0.05) is 31.7 Å². The second-order valence-electron chi connectivity index (χ2n) is 8.48. The van der Waals surface area contributed by atoms with Crippen LogP contribution in [0.2, 0.25) is 0 Å². The molecule has 2 aromatic carbocycles. The van der Waals surface area contributed by atoms with Crippen molar-refractivity contribution in [2.75, 3.05) is 39.4 Å². The topological polar surface area (TPSA) is 93.2 Å². The summed E-state index contributed by atoms with van der Waals surface area (Å²) in [5.74, 6) is -1.07. The molecule has 1 amide bonds. The molecule has 0 saturated carbocycles. The molecule has 0 aromatic heterocycles. The van der Waals surface area contributed by atoms with E-state index in [9.17, 15) is 18.0 Å². The van der Waals surface area contributed by atoms with E-state index in [1.807, 2.05) is 6.07 Å². The first-order chi connectivity index (χ1) is 16.5. The van der Waals surface area contributed by atoms with Crippen LogP contribution in [-0.4, -0.2) is 68.9 Å². The number of esters is 1. The van der Waals surface area contributed by atoms with Crippen molar-refractivity contribution in [3.63, 3.8) is 0 Å². The SMILES string of the molecule is O=C(OC(C(=O)N1CCOCC1)c1ccccc1)c1cccc(S(=O)(=O)N2CCCCCC2)c1. The van der Waals surface area contributed by atoms with E-state index in [-0.39, 0.29) is 16.4 Å². The van der Waals surface area contributed by atoms with Crippen LogP contribution in [0, 0.1) is 0 Å². The van der Waals surface area contributed by atoms with Gasteiger partial charge in [-0.05, 0) is 31.0 Å². The normalized spacial score (nSPS) is 18.6. The Morgan fingerprint density at radius 1 is 0.853 bits per heavy atom. The summed E-state index contributed by atoms with van der Waals surface area (Å²) in [4.78, 5) is 28.0. The molecular formula is C25H30N2O6S. The third kappa shape index (κ3) is 5.65. The van der Waals surface area contributed by atoms with Gasteiger partial charge in [-0.3, -0.25) is 4.79 Å². The summed E-state index contributed by atoms with van der Waals surface area (Å²) >= 11 is 0. The number of hydrogen-bond donors (Lipinski definition) is 0. The van der Waals surface area contributed by atoms with E-state index in [0.717, 1.165) is 25.7 Å². The van der Waals surface area contributed by atoms with Gasteiger partial charge in [-0.15, -0.1) is 0 Å². The first kappa shape index (κ1) is 24.4. The van der Waals surface area contributed by atoms with Gasteiger partial charge in [-0.1, -0.05) is 49.2 Å². The Hall–Kier alpha value is -2.75. The van der Waals surface area contributed by atoms with Gasteiger partial charge >= 0.3 is 5.97 Å². The average molecular weight is 487 g/mol. The molecule has 0 radical (unpaired) electrons. The van der Waals surface area contributed by atoms with E-state index in [4.69, 9.17) is 9.47 Å². The smallest absolute Gasteiger partial charge is 0.339 e. The largest absolute Gasteiger partial charge is 0.444 e. The summed E-state index contributed by atoms with van der Waals surface area (Å²) in [5, 5.41) is 0. The number of ether oxygens (including phenoxy) is 2. The molecule has 8 nitrogen and oxygen atoms in total. The number of hydrogen-bond acceptors (Lipinski definition) is 6. The molecule has 1 atom stereocenters. The van der Waals surface area contributed by atoms with Crippen molar-refractivity contribution in [3.05, 3.63) is 65.7 Å². The summed E-state index contributed by atoms with van der Waals surface area (Å²) in [7, 11) is -3.72. The van der Waals surface area contributed by atoms with Gasteiger partial charge in [-0.2, -0.15) is 4.31 Å². The first-order valence-electron chi connectivity index (χ1n) is 11.7. The predicted molar refractivity (Wildman–Crippen MR) is 126 cm³/mol. The first-order valence-corrected chi connectivity index (χ1v) is 13.1. The Kier molecular flexibility index (Phi) is 7.97. The summed E-state index contributed by atoms with van der Waals surface area (Å²) in [5.41, 5.74) is 0.646. The van der Waals surface area contributed by atoms with Crippen LogP contribution in [0.25, 0.3) is 0 Å². The molecule has 1 unspecified atom stereocenters. The molecule has 0 bridgehead atoms. The van der Waals surface area contributed by atoms with E-state index in [0.29, 0.717) is 45.0 Å². The number of morpholine rings is 1. The van der Waals surface area contributed by atoms with Crippen LogP contribution in [0.5, 0.6) is 0 Å². The summed E-state index contributed by atoms with van der Waals surface area (Å²) in [6, 6.07) is 14.7. The summed E-state index contributed by atoms with van der Waals surface area (Å²) in [6.07, 6.45) is 2.54. The van der Waals surface area contributed by atoms with Crippen molar-refractivity contribution in [1.82, 2.24) is 9.21 Å². The van der Waals surface area contributed by atoms with Gasteiger partial charge in [-0.25, -0.2) is 13.2 Å². The Balaban J connectivity index is 1.56. The van der Waals surface area contributed by atoms with E-state index in [2.05, 4.69) is 0 Å². The fourth-order valence-electron chi connectivity index (χ4n) is 4.23. The molecule has 2 saturated heterocycles. The van der Waals surface area contributed by atoms with Crippen molar-refractivity contribution in [3.8, 4) is 0 Å². The molecule has 182 valence electrons. The van der Waals surface area contributed by atoms with Gasteiger partial charge < -0.3 is 14.4 Å². The Morgan fingerprint density at radius 3 is 2.21 bits per heavy atom. The molecular weight excluding hydrogens is 456 g/mol. The number of amides is 1. The molecule has 2 aliphatic heterocycles. The fraction of sp³-hybridized carbons (Fsp3) is 0.440. The molecule has 2 heterocycles. The molecule has 2 fully saturated rings. The monoisotopic (exact) mass is 486 g/mol. The standard InChI is InChI=1S/C25H30N2O6S/c28-24(26-15-17-32-18-16-26)23(20-9-4-3-5-10-20)33-25(29)21-11-8-12-22(19-21)34(30,31)27-13-6-1-2-7-14-27/h3-5,8-12,19,23H,1-2,6-7,13-18H2. The second kappa shape index (κ2) is 11.1. The van der Waals surface area contributed by atoms with Gasteiger partial charge in [0.05, 0.1) is 23.7 Å². The van der Waals surface area contributed by atoms with Crippen LogP contribution in [0.3, 0.4) is 0 Å². The number of carbonyl (C=O) groups excluding carboxylic acids is 2. The lowest BCUT2D eigenvalue weighted by molar-refractivity contribution is -0.145.